The molecule has 0 heterocycles. The molecule has 0 saturated carbocycles. The lowest BCUT2D eigenvalue weighted by atomic mass is 10.0. The van der Waals surface area contributed by atoms with Gasteiger partial charge in [0, 0.05) is 12.0 Å². The topological polar surface area (TPSA) is 66.4 Å². The maximum atomic E-state index is 13.0. The molecule has 4 heteroatoms. The van der Waals surface area contributed by atoms with Crippen molar-refractivity contribution in [2.45, 2.75) is 12.5 Å². The Hall–Kier alpha value is -3.66. The first-order chi connectivity index (χ1) is 13.6. The normalized spacial score (nSPS) is 12.2. The highest BCUT2D eigenvalue weighted by molar-refractivity contribution is 6.24. The van der Waals surface area contributed by atoms with Gasteiger partial charge in [-0.2, -0.15) is 0 Å². The molecule has 0 saturated heterocycles. The Morgan fingerprint density at radius 2 is 1.36 bits per heavy atom. The van der Waals surface area contributed by atoms with Gasteiger partial charge in [-0.05, 0) is 22.8 Å². The number of benzene rings is 3. The van der Waals surface area contributed by atoms with Gasteiger partial charge in [0.15, 0.2) is 0 Å². The lowest BCUT2D eigenvalue weighted by Crippen LogP contribution is -2.42. The van der Waals surface area contributed by atoms with Gasteiger partial charge >= 0.3 is 5.97 Å². The molecule has 0 aliphatic heterocycles. The number of hydrogen-bond donors (Lipinski definition) is 2. The van der Waals surface area contributed by atoms with Crippen LogP contribution in [0.3, 0.4) is 0 Å². The summed E-state index contributed by atoms with van der Waals surface area (Å²) in [5.74, 6) is -1.48. The van der Waals surface area contributed by atoms with Gasteiger partial charge in [0.1, 0.15) is 6.04 Å². The summed E-state index contributed by atoms with van der Waals surface area (Å²) in [7, 11) is 0. The second-order valence-corrected chi connectivity index (χ2v) is 6.39. The number of carboxylic acids is 1. The zero-order valence-electron chi connectivity index (χ0n) is 15.3. The van der Waals surface area contributed by atoms with Gasteiger partial charge in [0.2, 0.25) is 0 Å². The Bertz CT molecular complexity index is 951. The zero-order chi connectivity index (χ0) is 19.8. The van der Waals surface area contributed by atoms with Gasteiger partial charge in [-0.15, -0.1) is 0 Å². The van der Waals surface area contributed by atoms with Crippen LogP contribution < -0.4 is 5.32 Å². The molecular formula is C24H21NO3. The quantitative estimate of drug-likeness (QED) is 0.487. The largest absolute Gasteiger partial charge is 0.480 e. The van der Waals surface area contributed by atoms with E-state index in [9.17, 15) is 14.7 Å². The number of rotatable bonds is 7. The van der Waals surface area contributed by atoms with E-state index in [1.165, 1.54) is 0 Å². The summed E-state index contributed by atoms with van der Waals surface area (Å²) < 4.78 is 0. The second-order valence-electron chi connectivity index (χ2n) is 6.39. The molecule has 3 aromatic rings. The van der Waals surface area contributed by atoms with Crippen LogP contribution in [0.2, 0.25) is 0 Å². The van der Waals surface area contributed by atoms with E-state index in [0.29, 0.717) is 5.57 Å². The summed E-state index contributed by atoms with van der Waals surface area (Å²) in [6.45, 7) is 0. The van der Waals surface area contributed by atoms with Crippen molar-refractivity contribution in [3.8, 4) is 0 Å². The van der Waals surface area contributed by atoms with Gasteiger partial charge in [0.05, 0.1) is 0 Å². The fourth-order valence-electron chi connectivity index (χ4n) is 2.90. The van der Waals surface area contributed by atoms with Crippen molar-refractivity contribution >= 4 is 23.5 Å². The highest BCUT2D eigenvalue weighted by atomic mass is 16.4. The summed E-state index contributed by atoms with van der Waals surface area (Å²) in [5.41, 5.74) is 2.87. The number of carbonyl (C=O) groups excluding carboxylic acids is 1. The summed E-state index contributed by atoms with van der Waals surface area (Å²) in [5, 5.41) is 12.3. The third-order valence-corrected chi connectivity index (χ3v) is 4.33. The molecule has 3 aromatic carbocycles. The molecule has 0 radical (unpaired) electrons. The number of hydrogen-bond acceptors (Lipinski definition) is 2. The standard InChI is InChI=1S/C24H21NO3/c26-23(25-22(24(27)28)17-19-12-6-2-7-13-19)21(20-14-8-3-9-15-20)16-18-10-4-1-5-11-18/h1-16,22H,17H2,(H,25,26)(H,27,28)/b21-16+/t22-/m1/s1. The van der Waals surface area contributed by atoms with E-state index in [4.69, 9.17) is 0 Å². The van der Waals surface area contributed by atoms with Crippen molar-refractivity contribution in [1.29, 1.82) is 0 Å². The van der Waals surface area contributed by atoms with Crippen LogP contribution in [0.1, 0.15) is 16.7 Å². The van der Waals surface area contributed by atoms with E-state index in [2.05, 4.69) is 5.32 Å². The van der Waals surface area contributed by atoms with Crippen molar-refractivity contribution in [3.63, 3.8) is 0 Å². The summed E-state index contributed by atoms with van der Waals surface area (Å²) >= 11 is 0. The van der Waals surface area contributed by atoms with Crippen molar-refractivity contribution < 1.29 is 14.7 Å². The lowest BCUT2D eigenvalue weighted by Gasteiger charge is -2.16. The number of carbonyl (C=O) groups is 2. The van der Waals surface area contributed by atoms with E-state index in [1.807, 2.05) is 91.0 Å². The van der Waals surface area contributed by atoms with E-state index >= 15 is 0 Å². The molecule has 1 atom stereocenters. The van der Waals surface area contributed by atoms with Crippen molar-refractivity contribution in [1.82, 2.24) is 5.32 Å². The third-order valence-electron chi connectivity index (χ3n) is 4.33. The predicted molar refractivity (Wildman–Crippen MR) is 110 cm³/mol. The molecule has 0 unspecified atom stereocenters. The lowest BCUT2D eigenvalue weighted by molar-refractivity contribution is -0.141. The van der Waals surface area contributed by atoms with Crippen LogP contribution >= 0.6 is 0 Å². The van der Waals surface area contributed by atoms with Crippen LogP contribution in [-0.4, -0.2) is 23.0 Å². The Labute approximate surface area is 164 Å². The summed E-state index contributed by atoms with van der Waals surface area (Å²) in [4.78, 5) is 24.7. The molecule has 4 nitrogen and oxygen atoms in total. The van der Waals surface area contributed by atoms with Crippen LogP contribution in [-0.2, 0) is 16.0 Å². The first-order valence-electron chi connectivity index (χ1n) is 9.03. The summed E-state index contributed by atoms with van der Waals surface area (Å²) in [6.07, 6.45) is 1.99. The van der Waals surface area contributed by atoms with Crippen molar-refractivity contribution in [2.24, 2.45) is 0 Å². The molecule has 3 rings (SSSR count). The number of aliphatic carboxylic acids is 1. The van der Waals surface area contributed by atoms with Gasteiger partial charge in [-0.25, -0.2) is 4.79 Å². The van der Waals surface area contributed by atoms with Gasteiger partial charge in [-0.3, -0.25) is 4.79 Å². The van der Waals surface area contributed by atoms with Gasteiger partial charge in [0.25, 0.3) is 5.91 Å². The predicted octanol–water partition coefficient (Wildman–Crippen LogP) is 4.04. The minimum absolute atomic E-state index is 0.218. The molecular weight excluding hydrogens is 350 g/mol. The van der Waals surface area contributed by atoms with E-state index in [0.717, 1.165) is 16.7 Å². The first-order valence-corrected chi connectivity index (χ1v) is 9.03. The molecule has 0 bridgehead atoms. The van der Waals surface area contributed by atoms with Crippen LogP contribution in [0.25, 0.3) is 11.6 Å². The molecule has 0 aromatic heterocycles. The third kappa shape index (κ3) is 5.17. The Balaban J connectivity index is 1.88. The molecule has 0 aliphatic carbocycles. The minimum atomic E-state index is -1.07. The highest BCUT2D eigenvalue weighted by Gasteiger charge is 2.23. The summed E-state index contributed by atoms with van der Waals surface area (Å²) in [6, 6.07) is 27.0. The van der Waals surface area contributed by atoms with Crippen molar-refractivity contribution in [2.75, 3.05) is 0 Å². The van der Waals surface area contributed by atoms with Gasteiger partial charge in [-0.1, -0.05) is 91.0 Å². The molecule has 0 aliphatic rings. The Morgan fingerprint density at radius 3 is 1.93 bits per heavy atom. The average Bonchev–Trinajstić information content (AvgIpc) is 2.73. The molecule has 1 amide bonds. The van der Waals surface area contributed by atoms with Gasteiger partial charge < -0.3 is 10.4 Å². The maximum Gasteiger partial charge on any atom is 0.326 e. The van der Waals surface area contributed by atoms with E-state index in [-0.39, 0.29) is 6.42 Å². The fourth-order valence-corrected chi connectivity index (χ4v) is 2.90. The highest BCUT2D eigenvalue weighted by Crippen LogP contribution is 2.19. The maximum absolute atomic E-state index is 13.0. The van der Waals surface area contributed by atoms with Crippen LogP contribution in [0.4, 0.5) is 0 Å². The number of amides is 1. The SMILES string of the molecule is O=C(N[C@H](Cc1ccccc1)C(=O)O)/C(=C/c1ccccc1)c1ccccc1. The first kappa shape index (κ1) is 19.1. The Kier molecular flexibility index (Phi) is 6.37. The zero-order valence-corrected chi connectivity index (χ0v) is 15.3. The number of carboxylic acid groups (broad SMARTS) is 1. The molecule has 28 heavy (non-hydrogen) atoms. The second kappa shape index (κ2) is 9.33. The fraction of sp³-hybridized carbons (Fsp3) is 0.0833. The average molecular weight is 371 g/mol. The molecule has 2 N–H and O–H groups in total. The molecule has 0 fully saturated rings. The van der Waals surface area contributed by atoms with Crippen LogP contribution in [0, 0.1) is 0 Å². The van der Waals surface area contributed by atoms with E-state index < -0.39 is 17.9 Å². The van der Waals surface area contributed by atoms with E-state index in [1.54, 1.807) is 6.08 Å². The smallest absolute Gasteiger partial charge is 0.326 e. The van der Waals surface area contributed by atoms with Crippen molar-refractivity contribution in [3.05, 3.63) is 108 Å². The molecule has 140 valence electrons. The molecule has 0 spiro atoms. The monoisotopic (exact) mass is 371 g/mol. The minimum Gasteiger partial charge on any atom is -0.480 e. The number of nitrogens with one attached hydrogen (secondary N) is 1. The Morgan fingerprint density at radius 1 is 0.821 bits per heavy atom. The van der Waals surface area contributed by atoms with Crippen LogP contribution in [0.5, 0.6) is 0 Å². The van der Waals surface area contributed by atoms with Crippen LogP contribution in [0.15, 0.2) is 91.0 Å².